The van der Waals surface area contributed by atoms with E-state index in [9.17, 15) is 8.42 Å². The van der Waals surface area contributed by atoms with Crippen LogP contribution < -0.4 is 5.32 Å². The molecule has 5 nitrogen and oxygen atoms in total. The molecule has 1 N–H and O–H groups in total. The number of pyridine rings is 1. The Labute approximate surface area is 116 Å². The number of nitrogens with one attached hydrogen (secondary N) is 1. The molecule has 0 radical (unpaired) electrons. The highest BCUT2D eigenvalue weighted by Crippen LogP contribution is 2.20. The number of hydrogen-bond acceptors (Lipinski definition) is 4. The highest BCUT2D eigenvalue weighted by molar-refractivity contribution is 9.10. The average Bonchev–Trinajstić information content (AvgIpc) is 2.29. The van der Waals surface area contributed by atoms with Crippen LogP contribution in [0.1, 0.15) is 6.92 Å². The normalized spacial score (nSPS) is 17.4. The van der Waals surface area contributed by atoms with E-state index in [0.717, 1.165) is 16.8 Å². The lowest BCUT2D eigenvalue weighted by Crippen LogP contribution is -2.52. The highest BCUT2D eigenvalue weighted by atomic mass is 79.9. The largest absolute Gasteiger partial charge is 0.370 e. The Morgan fingerprint density at radius 3 is 2.78 bits per heavy atom. The predicted molar refractivity (Wildman–Crippen MR) is 75.0 cm³/mol. The second kappa shape index (κ2) is 5.54. The van der Waals surface area contributed by atoms with Crippen LogP contribution in [0.2, 0.25) is 0 Å². The van der Waals surface area contributed by atoms with E-state index in [1.54, 1.807) is 13.1 Å². The molecule has 2 rings (SSSR count). The molecule has 1 aromatic heterocycles. The molecule has 0 amide bonds. The van der Waals surface area contributed by atoms with Crippen LogP contribution in [0.15, 0.2) is 22.8 Å². The van der Waals surface area contributed by atoms with E-state index in [1.807, 2.05) is 12.1 Å². The summed E-state index contributed by atoms with van der Waals surface area (Å²) in [4.78, 5) is 4.20. The standard InChI is InChI=1S/C11H16BrN3O2S/c1-2-18(16,17)15-7-9(8-15)5-13-11-4-3-10(12)6-14-11/h3-4,6,9H,2,5,7-8H2,1H3,(H,13,14). The van der Waals surface area contributed by atoms with Gasteiger partial charge in [0.05, 0.1) is 5.75 Å². The summed E-state index contributed by atoms with van der Waals surface area (Å²) in [5, 5.41) is 3.21. The molecule has 0 atom stereocenters. The number of halogens is 1. The molecule has 100 valence electrons. The van der Waals surface area contributed by atoms with Gasteiger partial charge in [0.2, 0.25) is 10.0 Å². The molecule has 1 fully saturated rings. The van der Waals surface area contributed by atoms with Crippen LogP contribution >= 0.6 is 15.9 Å². The Bertz CT molecular complexity index is 498. The van der Waals surface area contributed by atoms with Crippen LogP contribution in [0.3, 0.4) is 0 Å². The maximum Gasteiger partial charge on any atom is 0.213 e. The summed E-state index contributed by atoms with van der Waals surface area (Å²) in [6.07, 6.45) is 1.73. The van der Waals surface area contributed by atoms with Crippen LogP contribution in [-0.2, 0) is 10.0 Å². The van der Waals surface area contributed by atoms with Gasteiger partial charge in [-0.15, -0.1) is 0 Å². The first-order chi connectivity index (χ1) is 8.51. The molecular weight excluding hydrogens is 318 g/mol. The molecule has 1 saturated heterocycles. The van der Waals surface area contributed by atoms with Gasteiger partial charge in [-0.2, -0.15) is 0 Å². The molecule has 0 aliphatic carbocycles. The van der Waals surface area contributed by atoms with Gasteiger partial charge in [0, 0.05) is 36.2 Å². The van der Waals surface area contributed by atoms with Crippen molar-refractivity contribution in [2.45, 2.75) is 6.92 Å². The number of anilines is 1. The van der Waals surface area contributed by atoms with E-state index in [0.29, 0.717) is 19.0 Å². The van der Waals surface area contributed by atoms with Crippen molar-refractivity contribution in [3.8, 4) is 0 Å². The van der Waals surface area contributed by atoms with Crippen molar-refractivity contribution < 1.29 is 8.42 Å². The van der Waals surface area contributed by atoms with Crippen molar-refractivity contribution in [3.63, 3.8) is 0 Å². The minimum atomic E-state index is -3.00. The molecule has 0 saturated carbocycles. The first-order valence-electron chi connectivity index (χ1n) is 5.84. The molecule has 0 unspecified atom stereocenters. The SMILES string of the molecule is CCS(=O)(=O)N1CC(CNc2ccc(Br)cn2)C1. The van der Waals surface area contributed by atoms with Crippen molar-refractivity contribution >= 4 is 31.8 Å². The van der Waals surface area contributed by atoms with E-state index in [-0.39, 0.29) is 5.75 Å². The van der Waals surface area contributed by atoms with Gasteiger partial charge in [0.1, 0.15) is 5.82 Å². The van der Waals surface area contributed by atoms with E-state index in [4.69, 9.17) is 0 Å². The number of nitrogens with zero attached hydrogens (tertiary/aromatic N) is 2. The van der Waals surface area contributed by atoms with E-state index >= 15 is 0 Å². The fourth-order valence-corrected chi connectivity index (χ4v) is 3.27. The maximum absolute atomic E-state index is 11.5. The van der Waals surface area contributed by atoms with E-state index < -0.39 is 10.0 Å². The summed E-state index contributed by atoms with van der Waals surface area (Å²) in [5.74, 6) is 1.37. The van der Waals surface area contributed by atoms with E-state index in [1.165, 1.54) is 4.31 Å². The van der Waals surface area contributed by atoms with Crippen molar-refractivity contribution in [1.29, 1.82) is 0 Å². The van der Waals surface area contributed by atoms with Crippen molar-refractivity contribution in [2.75, 3.05) is 30.7 Å². The Balaban J connectivity index is 1.76. The van der Waals surface area contributed by atoms with Crippen molar-refractivity contribution in [3.05, 3.63) is 22.8 Å². The monoisotopic (exact) mass is 333 g/mol. The van der Waals surface area contributed by atoms with Gasteiger partial charge in [0.15, 0.2) is 0 Å². The van der Waals surface area contributed by atoms with Crippen LogP contribution in [0.25, 0.3) is 0 Å². The van der Waals surface area contributed by atoms with Gasteiger partial charge < -0.3 is 5.32 Å². The number of sulfonamides is 1. The molecule has 0 aromatic carbocycles. The Hall–Kier alpha value is -0.660. The zero-order chi connectivity index (χ0) is 13.2. The van der Waals surface area contributed by atoms with Crippen LogP contribution in [0, 0.1) is 5.92 Å². The van der Waals surface area contributed by atoms with Crippen LogP contribution in [0.5, 0.6) is 0 Å². The Morgan fingerprint density at radius 1 is 1.50 bits per heavy atom. The third kappa shape index (κ3) is 3.21. The summed E-state index contributed by atoms with van der Waals surface area (Å²) in [5.41, 5.74) is 0. The molecule has 7 heteroatoms. The third-order valence-corrected chi connectivity index (χ3v) is 5.26. The molecule has 1 aromatic rings. The van der Waals surface area contributed by atoms with Crippen molar-refractivity contribution in [1.82, 2.24) is 9.29 Å². The molecule has 0 bridgehead atoms. The van der Waals surface area contributed by atoms with Gasteiger partial charge in [-0.25, -0.2) is 17.7 Å². The lowest BCUT2D eigenvalue weighted by atomic mass is 10.0. The van der Waals surface area contributed by atoms with E-state index in [2.05, 4.69) is 26.2 Å². The summed E-state index contributed by atoms with van der Waals surface area (Å²) < 4.78 is 25.5. The molecule has 1 aliphatic heterocycles. The topological polar surface area (TPSA) is 62.3 Å². The Kier molecular flexibility index (Phi) is 4.24. The lowest BCUT2D eigenvalue weighted by Gasteiger charge is -2.37. The van der Waals surface area contributed by atoms with Gasteiger partial charge in [0.25, 0.3) is 0 Å². The van der Waals surface area contributed by atoms with Crippen LogP contribution in [0.4, 0.5) is 5.82 Å². The fourth-order valence-electron chi connectivity index (χ4n) is 1.79. The first kappa shape index (κ1) is 13.8. The maximum atomic E-state index is 11.5. The fraction of sp³-hybridized carbons (Fsp3) is 0.545. The number of rotatable bonds is 5. The molecule has 1 aliphatic rings. The molecule has 2 heterocycles. The minimum Gasteiger partial charge on any atom is -0.370 e. The Morgan fingerprint density at radius 2 is 2.22 bits per heavy atom. The predicted octanol–water partition coefficient (Wildman–Crippen LogP) is 1.54. The van der Waals surface area contributed by atoms with Crippen molar-refractivity contribution in [2.24, 2.45) is 5.92 Å². The van der Waals surface area contributed by atoms with Gasteiger partial charge in [-0.1, -0.05) is 0 Å². The average molecular weight is 334 g/mol. The first-order valence-corrected chi connectivity index (χ1v) is 8.24. The number of aromatic nitrogens is 1. The zero-order valence-corrected chi connectivity index (χ0v) is 12.5. The zero-order valence-electron chi connectivity index (χ0n) is 10.1. The summed E-state index contributed by atoms with van der Waals surface area (Å²) in [6, 6.07) is 3.81. The number of hydrogen-bond donors (Lipinski definition) is 1. The summed E-state index contributed by atoms with van der Waals surface area (Å²) >= 11 is 3.32. The molecular formula is C11H16BrN3O2S. The van der Waals surface area contributed by atoms with Gasteiger partial charge in [-0.05, 0) is 35.0 Å². The lowest BCUT2D eigenvalue weighted by molar-refractivity contribution is 0.212. The summed E-state index contributed by atoms with van der Waals surface area (Å²) in [6.45, 7) is 3.65. The van der Waals surface area contributed by atoms with Gasteiger partial charge >= 0.3 is 0 Å². The smallest absolute Gasteiger partial charge is 0.213 e. The quantitative estimate of drug-likeness (QED) is 0.887. The molecule has 0 spiro atoms. The highest BCUT2D eigenvalue weighted by Gasteiger charge is 2.34. The van der Waals surface area contributed by atoms with Gasteiger partial charge in [-0.3, -0.25) is 0 Å². The van der Waals surface area contributed by atoms with Crippen LogP contribution in [-0.4, -0.2) is 43.1 Å². The molecule has 18 heavy (non-hydrogen) atoms. The second-order valence-corrected chi connectivity index (χ2v) is 7.50. The third-order valence-electron chi connectivity index (χ3n) is 2.98. The second-order valence-electron chi connectivity index (χ2n) is 4.33. The minimum absolute atomic E-state index is 0.182. The summed E-state index contributed by atoms with van der Waals surface area (Å²) in [7, 11) is -3.00.